The van der Waals surface area contributed by atoms with Crippen LogP contribution in [-0.2, 0) is 0 Å². The zero-order valence-electron chi connectivity index (χ0n) is 14.1. The number of fused-ring (bicyclic) bond motifs is 1. The molecular weight excluding hydrogens is 350 g/mol. The second-order valence-electron chi connectivity index (χ2n) is 5.82. The van der Waals surface area contributed by atoms with Gasteiger partial charge >= 0.3 is 5.97 Å². The zero-order valence-corrected chi connectivity index (χ0v) is 14.9. The quantitative estimate of drug-likeness (QED) is 0.502. The number of aryl methyl sites for hydroxylation is 2. The van der Waals surface area contributed by atoms with Gasteiger partial charge in [-0.15, -0.1) is 11.3 Å². The molecule has 130 valence electrons. The smallest absolute Gasteiger partial charge is 0.352 e. The standard InChI is InChI=1S/C18H15N5O2S/c1-9-16(20-10(2)26-9)14-5-6-19-18(23-14)21-12-3-4-13-11(7-12)8-15(22-13)17(24)25/h3-8,22H,1-2H3,(H,24,25)(H,19,21,23). The molecule has 26 heavy (non-hydrogen) atoms. The lowest BCUT2D eigenvalue weighted by Gasteiger charge is -2.06. The number of thiazole rings is 1. The fourth-order valence-electron chi connectivity index (χ4n) is 2.77. The predicted octanol–water partition coefficient (Wildman–Crippen LogP) is 4.14. The number of hydrogen-bond acceptors (Lipinski definition) is 6. The van der Waals surface area contributed by atoms with E-state index in [1.165, 1.54) is 0 Å². The van der Waals surface area contributed by atoms with Crippen LogP contribution in [0.25, 0.3) is 22.3 Å². The van der Waals surface area contributed by atoms with Gasteiger partial charge in [-0.3, -0.25) is 0 Å². The Morgan fingerprint density at radius 2 is 2.04 bits per heavy atom. The van der Waals surface area contributed by atoms with Gasteiger partial charge in [0.05, 0.1) is 10.7 Å². The number of carboxylic acids is 1. The van der Waals surface area contributed by atoms with Crippen LogP contribution in [0.15, 0.2) is 36.5 Å². The van der Waals surface area contributed by atoms with Crippen LogP contribution in [0, 0.1) is 13.8 Å². The number of carbonyl (C=O) groups is 1. The van der Waals surface area contributed by atoms with Crippen molar-refractivity contribution < 1.29 is 9.90 Å². The fraction of sp³-hybridized carbons (Fsp3) is 0.111. The average molecular weight is 365 g/mol. The van der Waals surface area contributed by atoms with E-state index in [0.717, 1.165) is 37.9 Å². The first-order chi connectivity index (χ1) is 12.5. The zero-order chi connectivity index (χ0) is 18.3. The lowest BCUT2D eigenvalue weighted by molar-refractivity contribution is 0.0691. The van der Waals surface area contributed by atoms with E-state index in [4.69, 9.17) is 5.11 Å². The van der Waals surface area contributed by atoms with Gasteiger partial charge in [0.2, 0.25) is 5.95 Å². The van der Waals surface area contributed by atoms with Crippen LogP contribution < -0.4 is 5.32 Å². The minimum absolute atomic E-state index is 0.157. The van der Waals surface area contributed by atoms with E-state index in [0.29, 0.717) is 5.95 Å². The molecular formula is C18H15N5O2S. The van der Waals surface area contributed by atoms with Crippen LogP contribution in [0.3, 0.4) is 0 Å². The molecule has 4 rings (SSSR count). The summed E-state index contributed by atoms with van der Waals surface area (Å²) >= 11 is 1.64. The van der Waals surface area contributed by atoms with Crippen LogP contribution in [0.2, 0.25) is 0 Å². The van der Waals surface area contributed by atoms with E-state index in [9.17, 15) is 4.79 Å². The number of rotatable bonds is 4. The molecule has 4 aromatic rings. The van der Waals surface area contributed by atoms with Gasteiger partial charge in [-0.1, -0.05) is 0 Å². The maximum atomic E-state index is 11.1. The number of hydrogen-bond donors (Lipinski definition) is 3. The van der Waals surface area contributed by atoms with E-state index in [1.54, 1.807) is 23.6 Å². The minimum Gasteiger partial charge on any atom is -0.477 e. The topological polar surface area (TPSA) is 104 Å². The van der Waals surface area contributed by atoms with Gasteiger partial charge in [-0.25, -0.2) is 19.7 Å². The number of nitrogens with one attached hydrogen (secondary N) is 2. The average Bonchev–Trinajstić information content (AvgIpc) is 3.17. The summed E-state index contributed by atoms with van der Waals surface area (Å²) in [6, 6.07) is 8.95. The van der Waals surface area contributed by atoms with Crippen LogP contribution in [-0.4, -0.2) is 31.0 Å². The molecule has 0 saturated carbocycles. The molecule has 0 bridgehead atoms. The number of aromatic nitrogens is 4. The van der Waals surface area contributed by atoms with Gasteiger partial charge in [-0.2, -0.15) is 0 Å². The molecule has 0 fully saturated rings. The number of aromatic carboxylic acids is 1. The Hall–Kier alpha value is -3.26. The highest BCUT2D eigenvalue weighted by molar-refractivity contribution is 7.11. The number of nitrogens with zero attached hydrogens (tertiary/aromatic N) is 3. The summed E-state index contributed by atoms with van der Waals surface area (Å²) in [5, 5.41) is 14.0. The van der Waals surface area contributed by atoms with E-state index in [1.807, 2.05) is 38.1 Å². The van der Waals surface area contributed by atoms with Gasteiger partial charge in [0.1, 0.15) is 11.4 Å². The van der Waals surface area contributed by atoms with Crippen LogP contribution >= 0.6 is 11.3 Å². The normalized spacial score (nSPS) is 11.0. The summed E-state index contributed by atoms with van der Waals surface area (Å²) in [6.07, 6.45) is 1.69. The summed E-state index contributed by atoms with van der Waals surface area (Å²) < 4.78 is 0. The van der Waals surface area contributed by atoms with E-state index in [-0.39, 0.29) is 5.69 Å². The third kappa shape index (κ3) is 3.02. The SMILES string of the molecule is Cc1nc(-c2ccnc(Nc3ccc4[nH]c(C(=O)O)cc4c3)n2)c(C)s1. The molecule has 3 N–H and O–H groups in total. The van der Waals surface area contributed by atoms with Gasteiger partial charge in [0.15, 0.2) is 0 Å². The molecule has 3 aromatic heterocycles. The molecule has 7 nitrogen and oxygen atoms in total. The Balaban J connectivity index is 1.65. The van der Waals surface area contributed by atoms with Crippen molar-refractivity contribution in [2.45, 2.75) is 13.8 Å². The monoisotopic (exact) mass is 365 g/mol. The van der Waals surface area contributed by atoms with Gasteiger partial charge in [0.25, 0.3) is 0 Å². The highest BCUT2D eigenvalue weighted by atomic mass is 32.1. The first-order valence-electron chi connectivity index (χ1n) is 7.90. The molecule has 0 aliphatic carbocycles. The van der Waals surface area contributed by atoms with Crippen molar-refractivity contribution >= 4 is 39.8 Å². The Labute approximate surface area is 152 Å². The number of carboxylic acid groups (broad SMARTS) is 1. The molecule has 0 unspecified atom stereocenters. The maximum absolute atomic E-state index is 11.1. The Morgan fingerprint density at radius 3 is 2.77 bits per heavy atom. The lowest BCUT2D eigenvalue weighted by Crippen LogP contribution is -1.98. The Bertz CT molecular complexity index is 1130. The molecule has 0 radical (unpaired) electrons. The van der Waals surface area contributed by atoms with Gasteiger partial charge in [-0.05, 0) is 44.2 Å². The third-order valence-electron chi connectivity index (χ3n) is 3.91. The van der Waals surface area contributed by atoms with Crippen molar-refractivity contribution in [3.8, 4) is 11.4 Å². The second-order valence-corrected chi connectivity index (χ2v) is 7.23. The molecule has 0 amide bonds. The van der Waals surface area contributed by atoms with Crippen molar-refractivity contribution in [2.75, 3.05) is 5.32 Å². The lowest BCUT2D eigenvalue weighted by atomic mass is 10.2. The molecule has 3 heterocycles. The maximum Gasteiger partial charge on any atom is 0.352 e. The predicted molar refractivity (Wildman–Crippen MR) is 101 cm³/mol. The molecule has 0 saturated heterocycles. The molecule has 0 aliphatic heterocycles. The van der Waals surface area contributed by atoms with Crippen molar-refractivity contribution in [3.63, 3.8) is 0 Å². The van der Waals surface area contributed by atoms with Crippen LogP contribution in [0.4, 0.5) is 11.6 Å². The molecule has 0 atom stereocenters. The first kappa shape index (κ1) is 16.2. The molecule has 8 heteroatoms. The third-order valence-corrected chi connectivity index (χ3v) is 4.80. The Morgan fingerprint density at radius 1 is 1.19 bits per heavy atom. The van der Waals surface area contributed by atoms with Crippen LogP contribution in [0.5, 0.6) is 0 Å². The summed E-state index contributed by atoms with van der Waals surface area (Å²) in [6.45, 7) is 3.99. The van der Waals surface area contributed by atoms with Gasteiger partial charge < -0.3 is 15.4 Å². The van der Waals surface area contributed by atoms with Crippen LogP contribution in [0.1, 0.15) is 20.4 Å². The van der Waals surface area contributed by atoms with Crippen molar-refractivity contribution in [1.82, 2.24) is 19.9 Å². The number of benzene rings is 1. The minimum atomic E-state index is -0.985. The van der Waals surface area contributed by atoms with Crippen molar-refractivity contribution in [1.29, 1.82) is 0 Å². The first-order valence-corrected chi connectivity index (χ1v) is 8.72. The van der Waals surface area contributed by atoms with E-state index < -0.39 is 5.97 Å². The van der Waals surface area contributed by atoms with Crippen molar-refractivity contribution in [3.05, 3.63) is 52.1 Å². The largest absolute Gasteiger partial charge is 0.477 e. The van der Waals surface area contributed by atoms with E-state index >= 15 is 0 Å². The second kappa shape index (κ2) is 6.23. The number of H-pyrrole nitrogens is 1. The molecule has 0 spiro atoms. The summed E-state index contributed by atoms with van der Waals surface area (Å²) in [5.41, 5.74) is 3.32. The molecule has 0 aliphatic rings. The number of aromatic amines is 1. The summed E-state index contributed by atoms with van der Waals surface area (Å²) in [4.78, 5) is 28.4. The van der Waals surface area contributed by atoms with Gasteiger partial charge in [0, 0.05) is 27.7 Å². The van der Waals surface area contributed by atoms with Crippen molar-refractivity contribution in [2.24, 2.45) is 0 Å². The Kier molecular flexibility index (Phi) is 3.89. The summed E-state index contributed by atoms with van der Waals surface area (Å²) in [7, 11) is 0. The van der Waals surface area contributed by atoms with E-state index in [2.05, 4.69) is 25.3 Å². The highest BCUT2D eigenvalue weighted by Gasteiger charge is 2.11. The molecule has 1 aromatic carbocycles. The summed E-state index contributed by atoms with van der Waals surface area (Å²) in [5.74, 6) is -0.526. The highest BCUT2D eigenvalue weighted by Crippen LogP contribution is 2.27. The number of anilines is 2. The fourth-order valence-corrected chi connectivity index (χ4v) is 3.60.